The fourth-order valence-electron chi connectivity index (χ4n) is 3.16. The lowest BCUT2D eigenvalue weighted by Gasteiger charge is -2.30. The molecule has 0 aliphatic heterocycles. The topological polar surface area (TPSA) is 47.1 Å². The molecule has 2 N–H and O–H groups in total. The van der Waals surface area contributed by atoms with E-state index in [9.17, 15) is 0 Å². The maximum Gasteiger partial charge on any atom is 0.137 e. The Morgan fingerprint density at radius 1 is 1.32 bits per heavy atom. The zero-order valence-electron chi connectivity index (χ0n) is 12.1. The van der Waals surface area contributed by atoms with E-state index in [-0.39, 0.29) is 0 Å². The summed E-state index contributed by atoms with van der Waals surface area (Å²) < 4.78 is 1.91. The molecule has 0 amide bonds. The van der Waals surface area contributed by atoms with Gasteiger partial charge >= 0.3 is 0 Å². The number of rotatable bonds is 3. The van der Waals surface area contributed by atoms with E-state index in [4.69, 9.17) is 18.0 Å². The molecule has 0 unspecified atom stereocenters. The molecule has 0 radical (unpaired) electrons. The molecule has 2 rings (SSSR count). The summed E-state index contributed by atoms with van der Waals surface area (Å²) in [7, 11) is 4.12. The molecule has 1 aromatic heterocycles. The van der Waals surface area contributed by atoms with Gasteiger partial charge in [-0.3, -0.25) is 4.68 Å². The van der Waals surface area contributed by atoms with Crippen molar-refractivity contribution in [1.29, 1.82) is 0 Å². The van der Waals surface area contributed by atoms with Gasteiger partial charge in [0.05, 0.1) is 11.3 Å². The highest BCUT2D eigenvalue weighted by molar-refractivity contribution is 7.80. The van der Waals surface area contributed by atoms with Crippen molar-refractivity contribution in [3.63, 3.8) is 0 Å². The van der Waals surface area contributed by atoms with Gasteiger partial charge in [0.1, 0.15) is 10.8 Å². The van der Waals surface area contributed by atoms with E-state index in [1.54, 1.807) is 0 Å². The summed E-state index contributed by atoms with van der Waals surface area (Å²) in [5.41, 5.74) is 7.73. The van der Waals surface area contributed by atoms with Crippen LogP contribution in [0.5, 0.6) is 0 Å². The van der Waals surface area contributed by atoms with Crippen LogP contribution in [0.25, 0.3) is 0 Å². The third-order valence-electron chi connectivity index (χ3n) is 4.14. The molecule has 0 spiro atoms. The van der Waals surface area contributed by atoms with E-state index < -0.39 is 0 Å². The van der Waals surface area contributed by atoms with Gasteiger partial charge < -0.3 is 10.6 Å². The first-order valence-corrected chi connectivity index (χ1v) is 7.49. The molecule has 1 saturated carbocycles. The highest BCUT2D eigenvalue weighted by atomic mass is 32.1. The Labute approximate surface area is 121 Å². The maximum absolute atomic E-state index is 5.88. The van der Waals surface area contributed by atoms with E-state index in [0.717, 1.165) is 17.1 Å². The van der Waals surface area contributed by atoms with Gasteiger partial charge in [0, 0.05) is 20.1 Å². The number of hydrogen-bond acceptors (Lipinski definition) is 3. The fraction of sp³-hybridized carbons (Fsp3) is 0.714. The van der Waals surface area contributed by atoms with Crippen molar-refractivity contribution in [1.82, 2.24) is 9.78 Å². The molecule has 1 aliphatic carbocycles. The van der Waals surface area contributed by atoms with Crippen LogP contribution < -0.4 is 10.6 Å². The summed E-state index contributed by atoms with van der Waals surface area (Å²) in [6.45, 7) is 1.97. The quantitative estimate of drug-likeness (QED) is 0.683. The monoisotopic (exact) mass is 280 g/mol. The van der Waals surface area contributed by atoms with E-state index in [1.807, 2.05) is 18.7 Å². The maximum atomic E-state index is 5.88. The second kappa shape index (κ2) is 5.90. The Bertz CT molecular complexity index is 458. The van der Waals surface area contributed by atoms with E-state index in [0.29, 0.717) is 11.0 Å². The van der Waals surface area contributed by atoms with Gasteiger partial charge in [-0.05, 0) is 19.8 Å². The lowest BCUT2D eigenvalue weighted by molar-refractivity contribution is 0.539. The molecule has 0 atom stereocenters. The van der Waals surface area contributed by atoms with Gasteiger partial charge in [-0.15, -0.1) is 0 Å². The third-order valence-corrected chi connectivity index (χ3v) is 4.35. The molecular formula is C14H24N4S. The minimum absolute atomic E-state index is 0.445. The Morgan fingerprint density at radius 3 is 2.42 bits per heavy atom. The van der Waals surface area contributed by atoms with Crippen molar-refractivity contribution in [2.24, 2.45) is 12.8 Å². The number of hydrogen-bond donors (Lipinski definition) is 1. The van der Waals surface area contributed by atoms with Crippen molar-refractivity contribution < 1.29 is 0 Å². The number of aryl methyl sites for hydroxylation is 2. The Morgan fingerprint density at radius 2 is 1.89 bits per heavy atom. The molecule has 0 saturated heterocycles. The fourth-order valence-corrected chi connectivity index (χ4v) is 3.40. The van der Waals surface area contributed by atoms with Crippen molar-refractivity contribution in [2.45, 2.75) is 51.5 Å². The van der Waals surface area contributed by atoms with Crippen LogP contribution in [0.4, 0.5) is 5.82 Å². The van der Waals surface area contributed by atoms with E-state index in [1.165, 1.54) is 38.5 Å². The van der Waals surface area contributed by atoms with Gasteiger partial charge in [-0.25, -0.2) is 0 Å². The number of nitrogens with two attached hydrogens (primary N) is 1. The highest BCUT2D eigenvalue weighted by Crippen LogP contribution is 2.29. The first-order chi connectivity index (χ1) is 9.02. The molecule has 1 aromatic rings. The normalized spacial score (nSPS) is 17.2. The molecule has 4 nitrogen and oxygen atoms in total. The molecule has 1 heterocycles. The van der Waals surface area contributed by atoms with Crippen LogP contribution in [0.2, 0.25) is 0 Å². The van der Waals surface area contributed by atoms with Crippen LogP contribution in [0.15, 0.2) is 0 Å². The summed E-state index contributed by atoms with van der Waals surface area (Å²) in [5, 5.41) is 4.48. The third kappa shape index (κ3) is 2.91. The first-order valence-electron chi connectivity index (χ1n) is 7.08. The van der Waals surface area contributed by atoms with Crippen molar-refractivity contribution >= 4 is 23.0 Å². The predicted molar refractivity (Wildman–Crippen MR) is 83.7 cm³/mol. The second-order valence-electron chi connectivity index (χ2n) is 5.53. The number of aromatic nitrogens is 2. The first kappa shape index (κ1) is 14.3. The van der Waals surface area contributed by atoms with Crippen molar-refractivity contribution in [3.05, 3.63) is 11.3 Å². The van der Waals surface area contributed by atoms with Crippen LogP contribution in [0.3, 0.4) is 0 Å². The van der Waals surface area contributed by atoms with E-state index >= 15 is 0 Å². The Hall–Kier alpha value is -1.10. The summed E-state index contributed by atoms with van der Waals surface area (Å²) >= 11 is 5.20. The largest absolute Gasteiger partial charge is 0.389 e. The van der Waals surface area contributed by atoms with Crippen LogP contribution >= 0.6 is 12.2 Å². The van der Waals surface area contributed by atoms with Crippen molar-refractivity contribution in [3.8, 4) is 0 Å². The highest BCUT2D eigenvalue weighted by Gasteiger charge is 2.24. The summed E-state index contributed by atoms with van der Waals surface area (Å²) in [6, 6.07) is 0.574. The standard InChI is InChI=1S/C14H24N4S/c1-10-12(13(15)19)14(18(3)16-10)17(2)11-8-6-4-5-7-9-11/h11H,4-9H2,1-3H3,(H2,15,19). The number of nitrogens with zero attached hydrogens (tertiary/aromatic N) is 3. The summed E-state index contributed by atoms with van der Waals surface area (Å²) in [4.78, 5) is 2.78. The zero-order chi connectivity index (χ0) is 14.0. The lowest BCUT2D eigenvalue weighted by atomic mass is 10.1. The Kier molecular flexibility index (Phi) is 4.45. The van der Waals surface area contributed by atoms with Gasteiger partial charge in [-0.1, -0.05) is 37.9 Å². The van der Waals surface area contributed by atoms with Crippen LogP contribution in [0.1, 0.15) is 49.8 Å². The SMILES string of the molecule is Cc1nn(C)c(N(C)C2CCCCCC2)c1C(N)=S. The van der Waals surface area contributed by atoms with Gasteiger partial charge in [0.2, 0.25) is 0 Å². The minimum atomic E-state index is 0.445. The minimum Gasteiger partial charge on any atom is -0.389 e. The van der Waals surface area contributed by atoms with Gasteiger partial charge in [0.25, 0.3) is 0 Å². The molecule has 5 heteroatoms. The zero-order valence-corrected chi connectivity index (χ0v) is 13.0. The molecule has 1 aliphatic rings. The van der Waals surface area contributed by atoms with Gasteiger partial charge in [0.15, 0.2) is 0 Å². The predicted octanol–water partition coefficient (Wildman–Crippen LogP) is 2.52. The molecule has 106 valence electrons. The lowest BCUT2D eigenvalue weighted by Crippen LogP contribution is -2.34. The number of anilines is 1. The second-order valence-corrected chi connectivity index (χ2v) is 5.97. The average Bonchev–Trinajstić information content (AvgIpc) is 2.56. The van der Waals surface area contributed by atoms with Gasteiger partial charge in [-0.2, -0.15) is 5.10 Å². The van der Waals surface area contributed by atoms with Crippen LogP contribution in [-0.4, -0.2) is 27.9 Å². The average molecular weight is 280 g/mol. The summed E-state index contributed by atoms with van der Waals surface area (Å²) in [6.07, 6.45) is 7.84. The van der Waals surface area contributed by atoms with Crippen LogP contribution in [0, 0.1) is 6.92 Å². The molecule has 1 fully saturated rings. The van der Waals surface area contributed by atoms with Crippen molar-refractivity contribution in [2.75, 3.05) is 11.9 Å². The molecule has 0 aromatic carbocycles. The van der Waals surface area contributed by atoms with E-state index in [2.05, 4.69) is 17.0 Å². The smallest absolute Gasteiger partial charge is 0.137 e. The summed E-state index contributed by atoms with van der Waals surface area (Å²) in [5.74, 6) is 1.07. The van der Waals surface area contributed by atoms with Crippen LogP contribution in [-0.2, 0) is 7.05 Å². The number of thiocarbonyl (C=S) groups is 1. The molecular weight excluding hydrogens is 256 g/mol. The molecule has 0 bridgehead atoms. The molecule has 19 heavy (non-hydrogen) atoms. The Balaban J connectivity index is 2.31.